The summed E-state index contributed by atoms with van der Waals surface area (Å²) in [5, 5.41) is 3.17. The van der Waals surface area contributed by atoms with Crippen molar-refractivity contribution in [2.24, 2.45) is 5.92 Å². The van der Waals surface area contributed by atoms with E-state index in [-0.39, 0.29) is 11.9 Å². The van der Waals surface area contributed by atoms with Gasteiger partial charge in [0.2, 0.25) is 0 Å². The first-order chi connectivity index (χ1) is 14.0. The van der Waals surface area contributed by atoms with E-state index in [2.05, 4.69) is 5.32 Å². The Hall–Kier alpha value is -2.93. The maximum Gasteiger partial charge on any atom is 0.311 e. The van der Waals surface area contributed by atoms with Crippen LogP contribution in [0.4, 0.5) is 0 Å². The predicted molar refractivity (Wildman–Crippen MR) is 111 cm³/mol. The van der Waals surface area contributed by atoms with Crippen LogP contribution in [0.15, 0.2) is 54.6 Å². The first-order valence-corrected chi connectivity index (χ1v) is 9.81. The van der Waals surface area contributed by atoms with Gasteiger partial charge in [-0.1, -0.05) is 42.5 Å². The Labute approximate surface area is 174 Å². The van der Waals surface area contributed by atoms with E-state index in [0.717, 1.165) is 16.9 Å². The van der Waals surface area contributed by atoms with Crippen molar-refractivity contribution in [1.82, 2.24) is 10.2 Å². The standard InChI is InChI=1S/C22H22N2O4S/c1-27-16-10-8-15(9-11-16)18-17(19(25)28-2)13-22(12-14-6-4-3-5-7-14)20(26)23-21(29)24(18)22/h3-11,17-18H,12-13H2,1-2H3,(H,23,26,29)/t17?,18-,22-/m0/s1. The highest BCUT2D eigenvalue weighted by Crippen LogP contribution is 2.51. The van der Waals surface area contributed by atoms with E-state index in [4.69, 9.17) is 21.7 Å². The first kappa shape index (κ1) is 19.4. The minimum atomic E-state index is -0.929. The number of hydrogen-bond acceptors (Lipinski definition) is 5. The van der Waals surface area contributed by atoms with Crippen molar-refractivity contribution in [2.45, 2.75) is 24.4 Å². The van der Waals surface area contributed by atoms with Gasteiger partial charge in [0.1, 0.15) is 11.3 Å². The summed E-state index contributed by atoms with van der Waals surface area (Å²) in [7, 11) is 2.98. The summed E-state index contributed by atoms with van der Waals surface area (Å²) >= 11 is 5.54. The van der Waals surface area contributed by atoms with Crippen LogP contribution in [0.25, 0.3) is 0 Å². The molecule has 0 radical (unpaired) electrons. The highest BCUT2D eigenvalue weighted by atomic mass is 32.1. The minimum Gasteiger partial charge on any atom is -0.497 e. The van der Waals surface area contributed by atoms with Crippen LogP contribution in [0.3, 0.4) is 0 Å². The molecule has 0 aromatic heterocycles. The van der Waals surface area contributed by atoms with Crippen LogP contribution in [0.5, 0.6) is 5.75 Å². The van der Waals surface area contributed by atoms with Crippen LogP contribution < -0.4 is 10.1 Å². The second-order valence-corrected chi connectivity index (χ2v) is 7.76. The van der Waals surface area contributed by atoms with Gasteiger partial charge in [0.25, 0.3) is 5.91 Å². The third kappa shape index (κ3) is 3.15. The SMILES string of the molecule is COC(=O)C1C[C@@]2(Cc3ccccc3)C(=O)NC(=S)N2[C@H]1c1ccc(OC)cc1. The Balaban J connectivity index is 1.81. The second kappa shape index (κ2) is 7.48. The van der Waals surface area contributed by atoms with E-state index in [9.17, 15) is 9.59 Å². The number of amides is 1. The highest BCUT2D eigenvalue weighted by molar-refractivity contribution is 7.80. The number of esters is 1. The van der Waals surface area contributed by atoms with Gasteiger partial charge in [-0.3, -0.25) is 9.59 Å². The van der Waals surface area contributed by atoms with Gasteiger partial charge >= 0.3 is 5.97 Å². The van der Waals surface area contributed by atoms with E-state index in [0.29, 0.717) is 18.0 Å². The Morgan fingerprint density at radius 3 is 2.48 bits per heavy atom. The summed E-state index contributed by atoms with van der Waals surface area (Å²) in [6, 6.07) is 16.9. The zero-order valence-electron chi connectivity index (χ0n) is 16.3. The number of carbonyl (C=O) groups excluding carboxylic acids is 2. The lowest BCUT2D eigenvalue weighted by Gasteiger charge is -2.33. The van der Waals surface area contributed by atoms with Gasteiger partial charge in [0, 0.05) is 6.42 Å². The Bertz CT molecular complexity index is 947. The molecule has 2 aromatic carbocycles. The van der Waals surface area contributed by atoms with Crippen molar-refractivity contribution in [3.05, 3.63) is 65.7 Å². The number of rotatable bonds is 5. The molecule has 7 heteroatoms. The maximum absolute atomic E-state index is 13.1. The minimum absolute atomic E-state index is 0.170. The molecule has 2 heterocycles. The van der Waals surface area contributed by atoms with E-state index in [1.165, 1.54) is 7.11 Å². The zero-order valence-corrected chi connectivity index (χ0v) is 17.1. The molecule has 0 aliphatic carbocycles. The lowest BCUT2D eigenvalue weighted by atomic mass is 9.84. The van der Waals surface area contributed by atoms with Gasteiger partial charge in [-0.15, -0.1) is 0 Å². The molecule has 1 unspecified atom stereocenters. The summed E-state index contributed by atoms with van der Waals surface area (Å²) in [6.07, 6.45) is 0.789. The number of nitrogens with zero attached hydrogens (tertiary/aromatic N) is 1. The molecule has 2 aromatic rings. The van der Waals surface area contributed by atoms with E-state index in [1.807, 2.05) is 59.5 Å². The lowest BCUT2D eigenvalue weighted by Crippen LogP contribution is -2.47. The third-order valence-corrected chi connectivity index (χ3v) is 6.14. The smallest absolute Gasteiger partial charge is 0.311 e. The number of ether oxygens (including phenoxy) is 2. The Morgan fingerprint density at radius 1 is 1.17 bits per heavy atom. The number of carbonyl (C=O) groups is 2. The van der Waals surface area contributed by atoms with Crippen molar-refractivity contribution in [3.63, 3.8) is 0 Å². The molecule has 150 valence electrons. The average molecular weight is 410 g/mol. The van der Waals surface area contributed by atoms with E-state index >= 15 is 0 Å². The largest absolute Gasteiger partial charge is 0.497 e. The summed E-state index contributed by atoms with van der Waals surface area (Å²) in [6.45, 7) is 0. The number of fused-ring (bicyclic) bond motifs is 1. The fourth-order valence-electron chi connectivity index (χ4n) is 4.53. The van der Waals surface area contributed by atoms with Gasteiger partial charge in [0.05, 0.1) is 26.2 Å². The van der Waals surface area contributed by atoms with E-state index in [1.54, 1.807) is 7.11 Å². The zero-order chi connectivity index (χ0) is 20.6. The third-order valence-electron chi connectivity index (χ3n) is 5.84. The normalized spacial score (nSPS) is 25.5. The van der Waals surface area contributed by atoms with Gasteiger partial charge in [-0.25, -0.2) is 0 Å². The topological polar surface area (TPSA) is 67.9 Å². The van der Waals surface area contributed by atoms with Crippen molar-refractivity contribution in [1.29, 1.82) is 0 Å². The van der Waals surface area contributed by atoms with Crippen LogP contribution in [-0.2, 0) is 20.7 Å². The van der Waals surface area contributed by atoms with Crippen LogP contribution in [-0.4, -0.2) is 41.6 Å². The van der Waals surface area contributed by atoms with Gasteiger partial charge in [-0.2, -0.15) is 0 Å². The van der Waals surface area contributed by atoms with Crippen molar-refractivity contribution >= 4 is 29.2 Å². The molecule has 0 bridgehead atoms. The van der Waals surface area contributed by atoms with Gasteiger partial charge < -0.3 is 19.7 Å². The summed E-state index contributed by atoms with van der Waals surface area (Å²) < 4.78 is 10.3. The van der Waals surface area contributed by atoms with Crippen LogP contribution in [0.2, 0.25) is 0 Å². The molecule has 2 fully saturated rings. The first-order valence-electron chi connectivity index (χ1n) is 9.40. The number of nitrogens with one attached hydrogen (secondary N) is 1. The van der Waals surface area contributed by atoms with Gasteiger partial charge in [0.15, 0.2) is 5.11 Å². The predicted octanol–water partition coefficient (Wildman–Crippen LogP) is 2.63. The Morgan fingerprint density at radius 2 is 1.86 bits per heavy atom. The molecule has 3 atom stereocenters. The molecule has 2 saturated heterocycles. The summed E-state index contributed by atoms with van der Waals surface area (Å²) in [5.41, 5.74) is 0.966. The van der Waals surface area contributed by atoms with Crippen LogP contribution in [0, 0.1) is 5.92 Å². The monoisotopic (exact) mass is 410 g/mol. The van der Waals surface area contributed by atoms with E-state index < -0.39 is 17.5 Å². The number of hydrogen-bond donors (Lipinski definition) is 1. The van der Waals surface area contributed by atoms with Crippen molar-refractivity contribution in [2.75, 3.05) is 14.2 Å². The number of methoxy groups -OCH3 is 2. The molecule has 1 amide bonds. The molecule has 4 rings (SSSR count). The number of benzene rings is 2. The summed E-state index contributed by atoms with van der Waals surface area (Å²) in [5.74, 6) is -0.309. The Kier molecular flexibility index (Phi) is 5.00. The average Bonchev–Trinajstić information content (AvgIpc) is 3.20. The molecule has 0 saturated carbocycles. The fourth-order valence-corrected chi connectivity index (χ4v) is 4.91. The number of thiocarbonyl (C=S) groups is 1. The van der Waals surface area contributed by atoms with Gasteiger partial charge in [-0.05, 0) is 41.9 Å². The molecule has 2 aliphatic heterocycles. The molecule has 2 aliphatic rings. The molecule has 29 heavy (non-hydrogen) atoms. The fraction of sp³-hybridized carbons (Fsp3) is 0.318. The lowest BCUT2D eigenvalue weighted by molar-refractivity contribution is -0.146. The quantitative estimate of drug-likeness (QED) is 0.604. The summed E-state index contributed by atoms with van der Waals surface area (Å²) in [4.78, 5) is 27.7. The molecule has 0 spiro atoms. The van der Waals surface area contributed by atoms with Crippen molar-refractivity contribution in [3.8, 4) is 5.75 Å². The van der Waals surface area contributed by atoms with Crippen LogP contribution in [0.1, 0.15) is 23.6 Å². The maximum atomic E-state index is 13.1. The molecule has 1 N–H and O–H groups in total. The molecular formula is C22H22N2O4S. The van der Waals surface area contributed by atoms with Crippen LogP contribution >= 0.6 is 12.2 Å². The molecule has 6 nitrogen and oxygen atoms in total. The van der Waals surface area contributed by atoms with Crippen molar-refractivity contribution < 1.29 is 19.1 Å². The second-order valence-electron chi connectivity index (χ2n) is 7.38. The molecular weight excluding hydrogens is 388 g/mol. The highest BCUT2D eigenvalue weighted by Gasteiger charge is 2.63.